The molecule has 0 aliphatic carbocycles. The lowest BCUT2D eigenvalue weighted by Gasteiger charge is -2.06. The van der Waals surface area contributed by atoms with E-state index in [9.17, 15) is 9.18 Å². The highest BCUT2D eigenvalue weighted by molar-refractivity contribution is 6.30. The normalized spacial score (nSPS) is 10.2. The highest BCUT2D eigenvalue weighted by Crippen LogP contribution is 2.15. The molecule has 0 radical (unpaired) electrons. The number of hydrogen-bond donors (Lipinski definition) is 1. The van der Waals surface area contributed by atoms with Gasteiger partial charge in [0.25, 0.3) is 0 Å². The summed E-state index contributed by atoms with van der Waals surface area (Å²) in [5.74, 6) is -1.42. The Bertz CT molecular complexity index is 599. The van der Waals surface area contributed by atoms with Gasteiger partial charge in [-0.15, -0.1) is 0 Å². The van der Waals surface area contributed by atoms with Crippen molar-refractivity contribution in [2.24, 2.45) is 0 Å². The molecule has 2 rings (SSSR count). The Hall–Kier alpha value is -2.07. The number of halogens is 2. The van der Waals surface area contributed by atoms with Crippen molar-refractivity contribution in [2.45, 2.75) is 6.61 Å². The summed E-state index contributed by atoms with van der Waals surface area (Å²) in [5, 5.41) is 0.597. The number of carbonyl (C=O) groups excluding carboxylic acids is 1. The van der Waals surface area contributed by atoms with Crippen LogP contribution in [0.5, 0.6) is 0 Å². The van der Waals surface area contributed by atoms with Gasteiger partial charge in [0.15, 0.2) is 0 Å². The van der Waals surface area contributed by atoms with E-state index in [4.69, 9.17) is 22.1 Å². The first-order valence-corrected chi connectivity index (χ1v) is 5.90. The maximum atomic E-state index is 13.5. The van der Waals surface area contributed by atoms with Crippen LogP contribution >= 0.6 is 11.6 Å². The zero-order valence-electron chi connectivity index (χ0n) is 9.90. The van der Waals surface area contributed by atoms with E-state index in [2.05, 4.69) is 0 Å². The van der Waals surface area contributed by atoms with Gasteiger partial charge in [0.05, 0.1) is 5.56 Å². The van der Waals surface area contributed by atoms with Crippen LogP contribution in [0.2, 0.25) is 5.02 Å². The van der Waals surface area contributed by atoms with Crippen molar-refractivity contribution in [3.8, 4) is 0 Å². The second-order valence-corrected chi connectivity index (χ2v) is 4.38. The summed E-state index contributed by atoms with van der Waals surface area (Å²) in [4.78, 5) is 11.7. The largest absolute Gasteiger partial charge is 0.457 e. The molecule has 0 spiro atoms. The van der Waals surface area contributed by atoms with E-state index in [1.165, 1.54) is 12.1 Å². The van der Waals surface area contributed by atoms with Crippen LogP contribution in [-0.4, -0.2) is 5.97 Å². The molecule has 0 atom stereocenters. The summed E-state index contributed by atoms with van der Waals surface area (Å²) in [6.45, 7) is 0.0554. The molecule has 5 heteroatoms. The molecule has 0 aliphatic heterocycles. The Morgan fingerprint density at radius 1 is 1.21 bits per heavy atom. The third-order valence-corrected chi connectivity index (χ3v) is 2.75. The minimum atomic E-state index is -0.729. The fourth-order valence-corrected chi connectivity index (χ4v) is 1.63. The summed E-state index contributed by atoms with van der Waals surface area (Å²) >= 11 is 5.74. The number of esters is 1. The second kappa shape index (κ2) is 5.71. The summed E-state index contributed by atoms with van der Waals surface area (Å²) in [7, 11) is 0. The van der Waals surface area contributed by atoms with Crippen LogP contribution in [0.15, 0.2) is 42.5 Å². The van der Waals surface area contributed by atoms with Crippen molar-refractivity contribution >= 4 is 23.3 Å². The maximum Gasteiger partial charge on any atom is 0.341 e. The summed E-state index contributed by atoms with van der Waals surface area (Å²) in [6, 6.07) is 10.7. The number of anilines is 1. The average molecular weight is 280 g/mol. The standard InChI is InChI=1S/C14H11ClFNO2/c15-10-3-1-9(2-4-10)8-19-14(18)12-6-5-11(17)7-13(12)16/h1-7H,8,17H2. The number of nitrogens with two attached hydrogens (primary N) is 1. The molecular weight excluding hydrogens is 269 g/mol. The van der Waals surface area contributed by atoms with Gasteiger partial charge < -0.3 is 10.5 Å². The van der Waals surface area contributed by atoms with Gasteiger partial charge >= 0.3 is 5.97 Å². The highest BCUT2D eigenvalue weighted by atomic mass is 35.5. The van der Waals surface area contributed by atoms with E-state index in [1.807, 2.05) is 0 Å². The number of ether oxygens (including phenoxy) is 1. The van der Waals surface area contributed by atoms with Gasteiger partial charge in [-0.2, -0.15) is 0 Å². The molecule has 2 aromatic carbocycles. The molecule has 98 valence electrons. The predicted molar refractivity (Wildman–Crippen MR) is 71.4 cm³/mol. The number of hydrogen-bond acceptors (Lipinski definition) is 3. The topological polar surface area (TPSA) is 52.3 Å². The first-order valence-electron chi connectivity index (χ1n) is 5.53. The molecule has 0 fully saturated rings. The quantitative estimate of drug-likeness (QED) is 0.692. The molecule has 0 saturated carbocycles. The molecule has 0 aliphatic rings. The molecule has 2 aromatic rings. The summed E-state index contributed by atoms with van der Waals surface area (Å²) in [5.41, 5.74) is 6.29. The molecule has 3 nitrogen and oxygen atoms in total. The van der Waals surface area contributed by atoms with E-state index >= 15 is 0 Å². The van der Waals surface area contributed by atoms with Crippen molar-refractivity contribution in [3.63, 3.8) is 0 Å². The Labute approximate surface area is 114 Å². The van der Waals surface area contributed by atoms with E-state index in [0.717, 1.165) is 11.6 Å². The van der Waals surface area contributed by atoms with Gasteiger partial charge in [0.1, 0.15) is 12.4 Å². The van der Waals surface area contributed by atoms with Gasteiger partial charge in [-0.1, -0.05) is 23.7 Å². The monoisotopic (exact) mass is 279 g/mol. The molecule has 0 bridgehead atoms. The van der Waals surface area contributed by atoms with Crippen LogP contribution in [0, 0.1) is 5.82 Å². The van der Waals surface area contributed by atoms with Crippen LogP contribution in [-0.2, 0) is 11.3 Å². The van der Waals surface area contributed by atoms with Crippen molar-refractivity contribution in [3.05, 3.63) is 64.4 Å². The molecule has 0 unspecified atom stereocenters. The summed E-state index contributed by atoms with van der Waals surface area (Å²) in [6.07, 6.45) is 0. The predicted octanol–water partition coefficient (Wildman–Crippen LogP) is 3.42. The minimum absolute atomic E-state index is 0.0554. The molecule has 0 saturated heterocycles. The van der Waals surface area contributed by atoms with Gasteiger partial charge in [-0.25, -0.2) is 9.18 Å². The molecule has 0 amide bonds. The smallest absolute Gasteiger partial charge is 0.341 e. The van der Waals surface area contributed by atoms with Crippen LogP contribution in [0.25, 0.3) is 0 Å². The number of carbonyl (C=O) groups is 1. The van der Waals surface area contributed by atoms with Crippen LogP contribution < -0.4 is 5.73 Å². The number of nitrogen functional groups attached to an aromatic ring is 1. The van der Waals surface area contributed by atoms with E-state index < -0.39 is 11.8 Å². The van der Waals surface area contributed by atoms with Crippen LogP contribution in [0.4, 0.5) is 10.1 Å². The van der Waals surface area contributed by atoms with Gasteiger partial charge in [-0.05, 0) is 35.9 Å². The third-order valence-electron chi connectivity index (χ3n) is 2.50. The number of benzene rings is 2. The van der Waals surface area contributed by atoms with Crippen molar-refractivity contribution in [1.29, 1.82) is 0 Å². The van der Waals surface area contributed by atoms with E-state index in [0.29, 0.717) is 5.02 Å². The van der Waals surface area contributed by atoms with E-state index in [-0.39, 0.29) is 17.9 Å². The first kappa shape index (κ1) is 13.4. The van der Waals surface area contributed by atoms with Crippen molar-refractivity contribution in [2.75, 3.05) is 5.73 Å². The molecule has 2 N–H and O–H groups in total. The van der Waals surface area contributed by atoms with Crippen LogP contribution in [0.3, 0.4) is 0 Å². The Balaban J connectivity index is 2.03. The fourth-order valence-electron chi connectivity index (χ4n) is 1.50. The van der Waals surface area contributed by atoms with Gasteiger partial charge in [-0.3, -0.25) is 0 Å². The second-order valence-electron chi connectivity index (χ2n) is 3.94. The fraction of sp³-hybridized carbons (Fsp3) is 0.0714. The average Bonchev–Trinajstić information content (AvgIpc) is 2.37. The lowest BCUT2D eigenvalue weighted by atomic mass is 10.2. The summed E-state index contributed by atoms with van der Waals surface area (Å²) < 4.78 is 18.5. The zero-order valence-corrected chi connectivity index (χ0v) is 10.7. The molecular formula is C14H11ClFNO2. The lowest BCUT2D eigenvalue weighted by Crippen LogP contribution is -2.08. The SMILES string of the molecule is Nc1ccc(C(=O)OCc2ccc(Cl)cc2)c(F)c1. The Morgan fingerprint density at radius 3 is 2.53 bits per heavy atom. The first-order chi connectivity index (χ1) is 9.06. The molecule has 19 heavy (non-hydrogen) atoms. The molecule has 0 aromatic heterocycles. The van der Waals surface area contributed by atoms with Gasteiger partial charge in [0.2, 0.25) is 0 Å². The zero-order chi connectivity index (χ0) is 13.8. The lowest BCUT2D eigenvalue weighted by molar-refractivity contribution is 0.0467. The maximum absolute atomic E-state index is 13.5. The van der Waals surface area contributed by atoms with Crippen molar-refractivity contribution < 1.29 is 13.9 Å². The molecule has 0 heterocycles. The highest BCUT2D eigenvalue weighted by Gasteiger charge is 2.13. The van der Waals surface area contributed by atoms with Crippen LogP contribution in [0.1, 0.15) is 15.9 Å². The Morgan fingerprint density at radius 2 is 1.89 bits per heavy atom. The van der Waals surface area contributed by atoms with E-state index in [1.54, 1.807) is 24.3 Å². The minimum Gasteiger partial charge on any atom is -0.457 e. The van der Waals surface area contributed by atoms with Gasteiger partial charge in [0, 0.05) is 10.7 Å². The third kappa shape index (κ3) is 3.45. The number of rotatable bonds is 3. The van der Waals surface area contributed by atoms with Crippen molar-refractivity contribution in [1.82, 2.24) is 0 Å². The Kier molecular flexibility index (Phi) is 4.02.